The maximum atomic E-state index is 12.0. The van der Waals surface area contributed by atoms with Crippen LogP contribution in [0.5, 0.6) is 5.75 Å². The standard InChI is InChI=1S/C15H21FN2O2.ClH/c16-7-8-20-13-5-2-4-12(10-13)18-15(19)9-11-3-1-6-14(11)17;/h2,4-5,10-11,14H,1,3,6-9,17H2,(H,18,19);1H/t11-,14+;/m0./s1. The lowest BCUT2D eigenvalue weighted by Crippen LogP contribution is -2.28. The Labute approximate surface area is 130 Å². The number of rotatable bonds is 6. The van der Waals surface area contributed by atoms with Crippen LogP contribution in [0.2, 0.25) is 0 Å². The summed E-state index contributed by atoms with van der Waals surface area (Å²) >= 11 is 0. The third-order valence-electron chi connectivity index (χ3n) is 3.63. The molecule has 0 bridgehead atoms. The number of alkyl halides is 1. The normalized spacial score (nSPS) is 20.7. The van der Waals surface area contributed by atoms with E-state index in [-0.39, 0.29) is 36.9 Å². The summed E-state index contributed by atoms with van der Waals surface area (Å²) in [6, 6.07) is 7.12. The lowest BCUT2D eigenvalue weighted by Gasteiger charge is -2.15. The minimum Gasteiger partial charge on any atom is -0.491 e. The minimum atomic E-state index is -0.532. The second-order valence-electron chi connectivity index (χ2n) is 5.17. The second-order valence-corrected chi connectivity index (χ2v) is 5.17. The van der Waals surface area contributed by atoms with E-state index < -0.39 is 6.67 Å². The highest BCUT2D eigenvalue weighted by Crippen LogP contribution is 2.27. The molecule has 1 aromatic carbocycles. The van der Waals surface area contributed by atoms with Gasteiger partial charge in [0.05, 0.1) is 0 Å². The van der Waals surface area contributed by atoms with Crippen molar-refractivity contribution in [2.75, 3.05) is 18.6 Å². The molecule has 2 rings (SSSR count). The fraction of sp³-hybridized carbons (Fsp3) is 0.533. The Morgan fingerprint density at radius 2 is 2.24 bits per heavy atom. The largest absolute Gasteiger partial charge is 0.491 e. The van der Waals surface area contributed by atoms with Gasteiger partial charge in [0, 0.05) is 24.2 Å². The number of ether oxygens (including phenoxy) is 1. The van der Waals surface area contributed by atoms with Gasteiger partial charge in [-0.1, -0.05) is 12.5 Å². The van der Waals surface area contributed by atoms with E-state index in [4.69, 9.17) is 10.5 Å². The molecule has 1 amide bonds. The van der Waals surface area contributed by atoms with Crippen LogP contribution in [0.1, 0.15) is 25.7 Å². The van der Waals surface area contributed by atoms with Crippen LogP contribution in [-0.4, -0.2) is 25.2 Å². The highest BCUT2D eigenvalue weighted by molar-refractivity contribution is 5.91. The number of hydrogen-bond acceptors (Lipinski definition) is 3. The number of halogens is 2. The van der Waals surface area contributed by atoms with Gasteiger partial charge in [-0.05, 0) is 30.9 Å². The number of anilines is 1. The number of benzene rings is 1. The Balaban J connectivity index is 0.00000220. The first kappa shape index (κ1) is 17.7. The zero-order valence-electron chi connectivity index (χ0n) is 11.9. The molecule has 2 atom stereocenters. The van der Waals surface area contributed by atoms with E-state index in [1.165, 1.54) is 0 Å². The van der Waals surface area contributed by atoms with Crippen molar-refractivity contribution in [3.05, 3.63) is 24.3 Å². The van der Waals surface area contributed by atoms with Gasteiger partial charge in [0.25, 0.3) is 0 Å². The number of nitrogens with one attached hydrogen (secondary N) is 1. The smallest absolute Gasteiger partial charge is 0.224 e. The highest BCUT2D eigenvalue weighted by Gasteiger charge is 2.25. The first-order valence-electron chi connectivity index (χ1n) is 7.03. The summed E-state index contributed by atoms with van der Waals surface area (Å²) in [5, 5.41) is 2.84. The summed E-state index contributed by atoms with van der Waals surface area (Å²) in [5.74, 6) is 0.800. The monoisotopic (exact) mass is 316 g/mol. The lowest BCUT2D eigenvalue weighted by molar-refractivity contribution is -0.117. The van der Waals surface area contributed by atoms with Gasteiger partial charge in [-0.3, -0.25) is 4.79 Å². The molecule has 0 radical (unpaired) electrons. The molecular weight excluding hydrogens is 295 g/mol. The molecule has 0 aromatic heterocycles. The molecule has 0 aliphatic heterocycles. The van der Waals surface area contributed by atoms with E-state index in [2.05, 4.69) is 5.32 Å². The molecule has 0 unspecified atom stereocenters. The van der Waals surface area contributed by atoms with E-state index in [0.717, 1.165) is 19.3 Å². The molecule has 0 saturated heterocycles. The number of amides is 1. The number of hydrogen-bond donors (Lipinski definition) is 2. The van der Waals surface area contributed by atoms with Gasteiger partial charge < -0.3 is 15.8 Å². The van der Waals surface area contributed by atoms with Gasteiger partial charge >= 0.3 is 0 Å². The third-order valence-corrected chi connectivity index (χ3v) is 3.63. The summed E-state index contributed by atoms with van der Waals surface area (Å²) in [6.45, 7) is -0.509. The minimum absolute atomic E-state index is 0. The molecule has 1 aliphatic carbocycles. The average Bonchev–Trinajstić information content (AvgIpc) is 2.82. The summed E-state index contributed by atoms with van der Waals surface area (Å²) in [4.78, 5) is 12.0. The van der Waals surface area contributed by atoms with Crippen LogP contribution in [0, 0.1) is 5.92 Å². The van der Waals surface area contributed by atoms with Crippen LogP contribution in [0.3, 0.4) is 0 Å². The van der Waals surface area contributed by atoms with E-state index in [1.54, 1.807) is 24.3 Å². The fourth-order valence-electron chi connectivity index (χ4n) is 2.59. The summed E-state index contributed by atoms with van der Waals surface area (Å²) in [6.07, 6.45) is 3.58. The van der Waals surface area contributed by atoms with Crippen molar-refractivity contribution in [1.29, 1.82) is 0 Å². The van der Waals surface area contributed by atoms with Crippen molar-refractivity contribution in [2.45, 2.75) is 31.7 Å². The Hall–Kier alpha value is -1.33. The van der Waals surface area contributed by atoms with Crippen molar-refractivity contribution in [3.63, 3.8) is 0 Å². The van der Waals surface area contributed by atoms with Crippen molar-refractivity contribution < 1.29 is 13.9 Å². The quantitative estimate of drug-likeness (QED) is 0.848. The van der Waals surface area contributed by atoms with Crippen molar-refractivity contribution >= 4 is 24.0 Å². The number of carbonyl (C=O) groups excluding carboxylic acids is 1. The molecule has 3 N–H and O–H groups in total. The van der Waals surface area contributed by atoms with Gasteiger partial charge in [0.15, 0.2) is 0 Å². The van der Waals surface area contributed by atoms with Gasteiger partial charge in [-0.2, -0.15) is 0 Å². The van der Waals surface area contributed by atoms with Gasteiger partial charge in [0.1, 0.15) is 19.0 Å². The molecule has 1 aromatic rings. The number of nitrogens with two attached hydrogens (primary N) is 1. The Morgan fingerprint density at radius 1 is 1.43 bits per heavy atom. The van der Waals surface area contributed by atoms with E-state index in [0.29, 0.717) is 17.9 Å². The van der Waals surface area contributed by atoms with Crippen LogP contribution in [-0.2, 0) is 4.79 Å². The van der Waals surface area contributed by atoms with Crippen LogP contribution >= 0.6 is 12.4 Å². The summed E-state index contributed by atoms with van der Waals surface area (Å²) in [5.41, 5.74) is 6.63. The van der Waals surface area contributed by atoms with E-state index in [9.17, 15) is 9.18 Å². The predicted octanol–water partition coefficient (Wildman–Crippen LogP) is 2.91. The third kappa shape index (κ3) is 5.52. The molecule has 118 valence electrons. The second kappa shape index (κ2) is 8.85. The van der Waals surface area contributed by atoms with Gasteiger partial charge in [0.2, 0.25) is 5.91 Å². The molecule has 0 spiro atoms. The molecule has 1 saturated carbocycles. The van der Waals surface area contributed by atoms with Crippen LogP contribution < -0.4 is 15.8 Å². The molecule has 4 nitrogen and oxygen atoms in total. The molecular formula is C15H22ClFN2O2. The first-order valence-corrected chi connectivity index (χ1v) is 7.03. The summed E-state index contributed by atoms with van der Waals surface area (Å²) in [7, 11) is 0. The highest BCUT2D eigenvalue weighted by atomic mass is 35.5. The van der Waals surface area contributed by atoms with Crippen molar-refractivity contribution in [1.82, 2.24) is 0 Å². The topological polar surface area (TPSA) is 64.4 Å². The molecule has 1 fully saturated rings. The molecule has 1 aliphatic rings. The Kier molecular flexibility index (Phi) is 7.47. The molecule has 21 heavy (non-hydrogen) atoms. The zero-order valence-corrected chi connectivity index (χ0v) is 12.7. The predicted molar refractivity (Wildman–Crippen MR) is 83.7 cm³/mol. The Morgan fingerprint density at radius 3 is 2.90 bits per heavy atom. The average molecular weight is 317 g/mol. The summed E-state index contributed by atoms with van der Waals surface area (Å²) < 4.78 is 17.2. The van der Waals surface area contributed by atoms with E-state index in [1.807, 2.05) is 0 Å². The van der Waals surface area contributed by atoms with Crippen LogP contribution in [0.15, 0.2) is 24.3 Å². The number of carbonyl (C=O) groups is 1. The van der Waals surface area contributed by atoms with Crippen LogP contribution in [0.4, 0.5) is 10.1 Å². The lowest BCUT2D eigenvalue weighted by atomic mass is 10.00. The first-order chi connectivity index (χ1) is 9.69. The maximum Gasteiger partial charge on any atom is 0.224 e. The zero-order chi connectivity index (χ0) is 14.4. The molecule has 6 heteroatoms. The SMILES string of the molecule is Cl.N[C@@H]1CCC[C@H]1CC(=O)Nc1cccc(OCCF)c1. The van der Waals surface area contributed by atoms with Crippen molar-refractivity contribution in [3.8, 4) is 5.75 Å². The van der Waals surface area contributed by atoms with Crippen LogP contribution in [0.25, 0.3) is 0 Å². The van der Waals surface area contributed by atoms with Gasteiger partial charge in [-0.25, -0.2) is 4.39 Å². The van der Waals surface area contributed by atoms with Crippen molar-refractivity contribution in [2.24, 2.45) is 11.7 Å². The maximum absolute atomic E-state index is 12.0. The molecule has 0 heterocycles. The van der Waals surface area contributed by atoms with E-state index >= 15 is 0 Å². The van der Waals surface area contributed by atoms with Gasteiger partial charge in [-0.15, -0.1) is 12.4 Å². The fourth-order valence-corrected chi connectivity index (χ4v) is 2.59. The Bertz CT molecular complexity index is 459.